The summed E-state index contributed by atoms with van der Waals surface area (Å²) in [7, 11) is 0. The number of carboxylic acid groups (broad SMARTS) is 1. The van der Waals surface area contributed by atoms with Crippen molar-refractivity contribution in [2.24, 2.45) is 5.92 Å². The number of hydrogen-bond acceptors (Lipinski definition) is 5. The van der Waals surface area contributed by atoms with Crippen LogP contribution in [0, 0.1) is 12.8 Å². The van der Waals surface area contributed by atoms with Gasteiger partial charge in [-0.3, -0.25) is 9.59 Å². The first-order valence-electron chi connectivity index (χ1n) is 8.81. The Morgan fingerprint density at radius 1 is 1.28 bits per heavy atom. The van der Waals surface area contributed by atoms with Crippen molar-refractivity contribution in [2.75, 3.05) is 13.1 Å². The molecule has 0 unspecified atom stereocenters. The average molecular weight is 343 g/mol. The Morgan fingerprint density at radius 2 is 2.00 bits per heavy atom. The van der Waals surface area contributed by atoms with Crippen LogP contribution in [0.15, 0.2) is 10.6 Å². The summed E-state index contributed by atoms with van der Waals surface area (Å²) < 4.78 is 5.31. The zero-order valence-corrected chi connectivity index (χ0v) is 14.2. The summed E-state index contributed by atoms with van der Waals surface area (Å²) in [5.41, 5.74) is 2.63. The Balaban J connectivity index is 1.59. The van der Waals surface area contributed by atoms with Crippen molar-refractivity contribution in [1.29, 1.82) is 0 Å². The molecule has 0 atom stereocenters. The van der Waals surface area contributed by atoms with Crippen molar-refractivity contribution in [1.82, 2.24) is 15.0 Å². The van der Waals surface area contributed by atoms with E-state index in [1.54, 1.807) is 0 Å². The van der Waals surface area contributed by atoms with Crippen molar-refractivity contribution >= 4 is 23.0 Å². The Bertz CT molecular complexity index is 832. The Labute approximate surface area is 145 Å². The highest BCUT2D eigenvalue weighted by Gasteiger charge is 2.31. The van der Waals surface area contributed by atoms with Gasteiger partial charge in [-0.2, -0.15) is 0 Å². The Hall–Kier alpha value is -2.44. The molecule has 1 saturated heterocycles. The summed E-state index contributed by atoms with van der Waals surface area (Å²) in [6.07, 6.45) is 3.83. The molecule has 7 heteroatoms. The lowest BCUT2D eigenvalue weighted by Crippen LogP contribution is -2.39. The maximum atomic E-state index is 13.1. The van der Waals surface area contributed by atoms with Crippen molar-refractivity contribution in [3.8, 4) is 0 Å². The van der Waals surface area contributed by atoms with Crippen LogP contribution in [0.5, 0.6) is 0 Å². The van der Waals surface area contributed by atoms with E-state index in [2.05, 4.69) is 10.1 Å². The van der Waals surface area contributed by atoms with Gasteiger partial charge in [0.2, 0.25) is 0 Å². The first kappa shape index (κ1) is 16.1. The molecule has 1 aliphatic heterocycles. The standard InChI is InChI=1S/C18H21N3O4/c1-10-16-13(9-14(12-2-3-12)19-17(16)25-20-10)18(24)21-6-4-11(5-7-21)8-15(22)23/h9,11-12H,2-8H2,1H3,(H,22,23). The molecule has 0 bridgehead atoms. The molecule has 2 aromatic heterocycles. The van der Waals surface area contributed by atoms with E-state index in [4.69, 9.17) is 9.63 Å². The van der Waals surface area contributed by atoms with Crippen LogP contribution in [-0.4, -0.2) is 45.1 Å². The molecule has 3 heterocycles. The van der Waals surface area contributed by atoms with Gasteiger partial charge in [0.05, 0.1) is 16.6 Å². The number of fused-ring (bicyclic) bond motifs is 1. The number of likely N-dealkylation sites (tertiary alicyclic amines) is 1. The van der Waals surface area contributed by atoms with Crippen molar-refractivity contribution in [3.63, 3.8) is 0 Å². The average Bonchev–Trinajstić information content (AvgIpc) is 3.38. The summed E-state index contributed by atoms with van der Waals surface area (Å²) in [5.74, 6) is -0.231. The zero-order valence-electron chi connectivity index (χ0n) is 14.2. The summed E-state index contributed by atoms with van der Waals surface area (Å²) in [6, 6.07) is 1.90. The Morgan fingerprint density at radius 3 is 2.64 bits per heavy atom. The second-order valence-corrected chi connectivity index (χ2v) is 7.15. The third-order valence-corrected chi connectivity index (χ3v) is 5.23. The number of carbonyl (C=O) groups excluding carboxylic acids is 1. The second kappa shape index (κ2) is 6.13. The van der Waals surface area contributed by atoms with E-state index >= 15 is 0 Å². The van der Waals surface area contributed by atoms with Crippen molar-refractivity contribution in [3.05, 3.63) is 23.0 Å². The second-order valence-electron chi connectivity index (χ2n) is 7.15. The minimum absolute atomic E-state index is 0.0330. The SMILES string of the molecule is Cc1noc2nc(C3CC3)cc(C(=O)N3CCC(CC(=O)O)CC3)c12. The van der Waals surface area contributed by atoms with Crippen LogP contribution >= 0.6 is 0 Å². The number of aliphatic carboxylic acids is 1. The van der Waals surface area contributed by atoms with E-state index in [1.165, 1.54) is 0 Å². The fourth-order valence-corrected chi connectivity index (χ4v) is 3.63. The lowest BCUT2D eigenvalue weighted by atomic mass is 9.93. The van der Waals surface area contributed by atoms with Gasteiger partial charge in [-0.15, -0.1) is 0 Å². The molecule has 7 nitrogen and oxygen atoms in total. The molecule has 1 saturated carbocycles. The zero-order chi connectivity index (χ0) is 17.6. The highest BCUT2D eigenvalue weighted by Crippen LogP contribution is 2.40. The van der Waals surface area contributed by atoms with Crippen LogP contribution in [0.1, 0.15) is 59.8 Å². The van der Waals surface area contributed by atoms with E-state index < -0.39 is 5.97 Å². The van der Waals surface area contributed by atoms with Gasteiger partial charge in [0, 0.05) is 31.1 Å². The van der Waals surface area contributed by atoms with E-state index in [9.17, 15) is 9.59 Å². The minimum Gasteiger partial charge on any atom is -0.481 e. The number of carboxylic acids is 1. The third kappa shape index (κ3) is 3.10. The number of carbonyl (C=O) groups is 2. The van der Waals surface area contributed by atoms with Crippen LogP contribution < -0.4 is 0 Å². The smallest absolute Gasteiger partial charge is 0.303 e. The predicted octanol–water partition coefficient (Wildman–Crippen LogP) is 2.74. The first-order chi connectivity index (χ1) is 12.0. The lowest BCUT2D eigenvalue weighted by Gasteiger charge is -2.31. The number of hydrogen-bond donors (Lipinski definition) is 1. The van der Waals surface area contributed by atoms with Gasteiger partial charge >= 0.3 is 5.97 Å². The highest BCUT2D eigenvalue weighted by molar-refractivity contribution is 6.06. The molecular weight excluding hydrogens is 322 g/mol. The molecule has 1 N–H and O–H groups in total. The number of aryl methyl sites for hydroxylation is 1. The molecule has 2 aromatic rings. The largest absolute Gasteiger partial charge is 0.481 e. The van der Waals surface area contributed by atoms with Crippen LogP contribution in [0.4, 0.5) is 0 Å². The van der Waals surface area contributed by atoms with Gasteiger partial charge < -0.3 is 14.5 Å². The number of nitrogens with zero attached hydrogens (tertiary/aromatic N) is 3. The maximum Gasteiger partial charge on any atom is 0.303 e. The van der Waals surface area contributed by atoms with Crippen LogP contribution in [0.3, 0.4) is 0 Å². The van der Waals surface area contributed by atoms with Crippen LogP contribution in [0.2, 0.25) is 0 Å². The molecule has 0 radical (unpaired) electrons. The molecule has 0 spiro atoms. The van der Waals surface area contributed by atoms with Crippen molar-refractivity contribution in [2.45, 2.75) is 44.9 Å². The summed E-state index contributed by atoms with van der Waals surface area (Å²) in [5, 5.41) is 13.6. The molecule has 0 aromatic carbocycles. The number of piperidine rings is 1. The van der Waals surface area contributed by atoms with Gasteiger partial charge in [0.25, 0.3) is 11.6 Å². The predicted molar refractivity (Wildman–Crippen MR) is 89.4 cm³/mol. The van der Waals surface area contributed by atoms with E-state index in [0.717, 1.165) is 31.4 Å². The molecular formula is C18H21N3O4. The van der Waals surface area contributed by atoms with Crippen molar-refractivity contribution < 1.29 is 19.2 Å². The fraction of sp³-hybridized carbons (Fsp3) is 0.556. The van der Waals surface area contributed by atoms with Crippen LogP contribution in [0.25, 0.3) is 11.1 Å². The number of pyridine rings is 1. The van der Waals surface area contributed by atoms with Gasteiger partial charge in [-0.1, -0.05) is 5.16 Å². The topological polar surface area (TPSA) is 96.5 Å². The molecule has 2 fully saturated rings. The first-order valence-corrected chi connectivity index (χ1v) is 8.81. The van der Waals surface area contributed by atoms with Gasteiger partial charge in [0.15, 0.2) is 0 Å². The molecule has 132 valence electrons. The molecule has 1 amide bonds. The fourth-order valence-electron chi connectivity index (χ4n) is 3.63. The monoisotopic (exact) mass is 343 g/mol. The van der Waals surface area contributed by atoms with Gasteiger partial charge in [-0.05, 0) is 44.6 Å². The lowest BCUT2D eigenvalue weighted by molar-refractivity contribution is -0.138. The normalized spacial score (nSPS) is 18.7. The minimum atomic E-state index is -0.769. The number of amides is 1. The van der Waals surface area contributed by atoms with E-state index in [0.29, 0.717) is 41.4 Å². The quantitative estimate of drug-likeness (QED) is 0.917. The van der Waals surface area contributed by atoms with Crippen LogP contribution in [-0.2, 0) is 4.79 Å². The third-order valence-electron chi connectivity index (χ3n) is 5.23. The Kier molecular flexibility index (Phi) is 3.94. The summed E-state index contributed by atoms with van der Waals surface area (Å²) in [6.45, 7) is 2.99. The summed E-state index contributed by atoms with van der Waals surface area (Å²) in [4.78, 5) is 30.3. The number of aromatic nitrogens is 2. The number of rotatable bonds is 4. The molecule has 4 rings (SSSR count). The van der Waals surface area contributed by atoms with Gasteiger partial charge in [-0.25, -0.2) is 4.98 Å². The molecule has 1 aliphatic carbocycles. The maximum absolute atomic E-state index is 13.1. The molecule has 2 aliphatic rings. The molecule has 25 heavy (non-hydrogen) atoms. The summed E-state index contributed by atoms with van der Waals surface area (Å²) >= 11 is 0. The van der Waals surface area contributed by atoms with E-state index in [1.807, 2.05) is 17.9 Å². The highest BCUT2D eigenvalue weighted by atomic mass is 16.5. The van der Waals surface area contributed by atoms with Gasteiger partial charge in [0.1, 0.15) is 0 Å². The van der Waals surface area contributed by atoms with E-state index in [-0.39, 0.29) is 18.2 Å².